The van der Waals surface area contributed by atoms with Gasteiger partial charge in [-0.2, -0.15) is 0 Å². The molecule has 1 fully saturated rings. The fourth-order valence-corrected chi connectivity index (χ4v) is 4.29. The van der Waals surface area contributed by atoms with Crippen LogP contribution in [-0.2, 0) is 9.59 Å². The van der Waals surface area contributed by atoms with Gasteiger partial charge in [-0.05, 0) is 48.6 Å². The summed E-state index contributed by atoms with van der Waals surface area (Å²) in [5.74, 6) is -0.435. The van der Waals surface area contributed by atoms with Crippen LogP contribution in [0, 0.1) is 0 Å². The van der Waals surface area contributed by atoms with Gasteiger partial charge in [0.05, 0.1) is 11.3 Å². The molecule has 3 heterocycles. The summed E-state index contributed by atoms with van der Waals surface area (Å²) in [5, 5.41) is 1.94. The number of benzene rings is 1. The molecule has 0 aliphatic carbocycles. The van der Waals surface area contributed by atoms with Crippen molar-refractivity contribution in [1.29, 1.82) is 0 Å². The molecule has 6 heteroatoms. The van der Waals surface area contributed by atoms with E-state index >= 15 is 0 Å². The second-order valence-electron chi connectivity index (χ2n) is 6.75. The molecule has 0 atom stereocenters. The number of hydrogen-bond donors (Lipinski definition) is 0. The first kappa shape index (κ1) is 16.8. The first-order valence-corrected chi connectivity index (χ1v) is 9.65. The minimum absolute atomic E-state index is 0.210. The topological polar surface area (TPSA) is 43.9 Å². The number of rotatable bonds is 4. The minimum atomic E-state index is -0.225. The maximum absolute atomic E-state index is 13.2. The summed E-state index contributed by atoms with van der Waals surface area (Å²) in [6.07, 6.45) is 2.11. The molecule has 2 aliphatic heterocycles. The highest BCUT2D eigenvalue weighted by atomic mass is 32.1. The molecule has 0 saturated carbocycles. The summed E-state index contributed by atoms with van der Waals surface area (Å²) < 4.78 is 0. The summed E-state index contributed by atoms with van der Waals surface area (Å²) >= 11 is 1.50. The van der Waals surface area contributed by atoms with Gasteiger partial charge >= 0.3 is 0 Å². The molecule has 1 aromatic carbocycles. The van der Waals surface area contributed by atoms with Crippen molar-refractivity contribution in [2.75, 3.05) is 37.0 Å². The lowest BCUT2D eigenvalue weighted by Gasteiger charge is -2.20. The van der Waals surface area contributed by atoms with Crippen molar-refractivity contribution in [3.05, 3.63) is 52.4 Å². The highest BCUT2D eigenvalue weighted by molar-refractivity contribution is 7.11. The monoisotopic (exact) mass is 367 g/mol. The van der Waals surface area contributed by atoms with Crippen LogP contribution in [0.15, 0.2) is 47.5 Å². The van der Waals surface area contributed by atoms with Gasteiger partial charge in [0.15, 0.2) is 0 Å². The largest absolute Gasteiger partial charge is 0.378 e. The fraction of sp³-hybridized carbons (Fsp3) is 0.300. The number of thiophene rings is 1. The normalized spacial score (nSPS) is 17.6. The van der Waals surface area contributed by atoms with Crippen LogP contribution in [0.1, 0.15) is 17.7 Å². The van der Waals surface area contributed by atoms with Crippen molar-refractivity contribution in [1.82, 2.24) is 4.90 Å². The highest BCUT2D eigenvalue weighted by Crippen LogP contribution is 2.37. The van der Waals surface area contributed by atoms with E-state index in [0.717, 1.165) is 36.5 Å². The quantitative estimate of drug-likeness (QED) is 0.779. The van der Waals surface area contributed by atoms with Crippen LogP contribution in [-0.4, -0.2) is 43.9 Å². The maximum atomic E-state index is 13.2. The summed E-state index contributed by atoms with van der Waals surface area (Å²) in [7, 11) is 3.92. The molecule has 134 valence electrons. The Hall–Kier alpha value is -2.60. The van der Waals surface area contributed by atoms with Crippen molar-refractivity contribution in [2.45, 2.75) is 12.8 Å². The number of imide groups is 1. The van der Waals surface area contributed by atoms with E-state index in [1.807, 2.05) is 60.8 Å². The van der Waals surface area contributed by atoms with Crippen molar-refractivity contribution in [3.8, 4) is 0 Å². The summed E-state index contributed by atoms with van der Waals surface area (Å²) in [6, 6.07) is 11.4. The van der Waals surface area contributed by atoms with Gasteiger partial charge in [-0.25, -0.2) is 4.90 Å². The zero-order valence-electron chi connectivity index (χ0n) is 14.9. The van der Waals surface area contributed by atoms with Crippen LogP contribution in [0.3, 0.4) is 0 Å². The number of likely N-dealkylation sites (tertiary alicyclic amines) is 1. The third kappa shape index (κ3) is 2.70. The van der Waals surface area contributed by atoms with Crippen molar-refractivity contribution >= 4 is 40.1 Å². The van der Waals surface area contributed by atoms with E-state index in [2.05, 4.69) is 4.90 Å². The lowest BCUT2D eigenvalue weighted by molar-refractivity contribution is -0.120. The Balaban J connectivity index is 1.76. The van der Waals surface area contributed by atoms with E-state index in [9.17, 15) is 9.59 Å². The Morgan fingerprint density at radius 2 is 1.65 bits per heavy atom. The zero-order valence-corrected chi connectivity index (χ0v) is 15.8. The predicted octanol–water partition coefficient (Wildman–Crippen LogP) is 3.19. The van der Waals surface area contributed by atoms with Gasteiger partial charge < -0.3 is 9.80 Å². The molecule has 4 rings (SSSR count). The Morgan fingerprint density at radius 3 is 2.23 bits per heavy atom. The second-order valence-corrected chi connectivity index (χ2v) is 7.70. The third-order valence-corrected chi connectivity index (χ3v) is 5.76. The standard InChI is InChI=1S/C20H21N3O2S/c1-21(2)14-7-9-15(10-8-14)23-19(24)17(16-6-5-13-26-16)18(20(23)25)22-11-3-4-12-22/h5-10,13H,3-4,11-12H2,1-2H3. The van der Waals surface area contributed by atoms with E-state index < -0.39 is 0 Å². The molecule has 2 amide bonds. The smallest absolute Gasteiger partial charge is 0.282 e. The molecular weight excluding hydrogens is 346 g/mol. The van der Waals surface area contributed by atoms with Crippen LogP contribution in [0.4, 0.5) is 11.4 Å². The van der Waals surface area contributed by atoms with E-state index in [0.29, 0.717) is 17.0 Å². The van der Waals surface area contributed by atoms with E-state index in [1.165, 1.54) is 16.2 Å². The van der Waals surface area contributed by atoms with E-state index in [-0.39, 0.29) is 11.8 Å². The highest BCUT2D eigenvalue weighted by Gasteiger charge is 2.43. The lowest BCUT2D eigenvalue weighted by Crippen LogP contribution is -2.34. The van der Waals surface area contributed by atoms with Crippen molar-refractivity contribution in [3.63, 3.8) is 0 Å². The SMILES string of the molecule is CN(C)c1ccc(N2C(=O)C(c3cccs3)=C(N3CCCC3)C2=O)cc1. The molecule has 1 aromatic heterocycles. The molecule has 1 saturated heterocycles. The number of nitrogens with zero attached hydrogens (tertiary/aromatic N) is 3. The van der Waals surface area contributed by atoms with Crippen LogP contribution >= 0.6 is 11.3 Å². The summed E-state index contributed by atoms with van der Waals surface area (Å²) in [6.45, 7) is 1.66. The fourth-order valence-electron chi connectivity index (χ4n) is 3.53. The molecule has 0 unspecified atom stereocenters. The summed E-state index contributed by atoms with van der Waals surface area (Å²) in [4.78, 5) is 32.7. The van der Waals surface area contributed by atoms with Crippen molar-refractivity contribution in [2.24, 2.45) is 0 Å². The van der Waals surface area contributed by atoms with Crippen LogP contribution < -0.4 is 9.80 Å². The third-order valence-electron chi connectivity index (χ3n) is 4.87. The number of carbonyl (C=O) groups excluding carboxylic acids is 2. The predicted molar refractivity (Wildman–Crippen MR) is 105 cm³/mol. The molecule has 0 spiro atoms. The van der Waals surface area contributed by atoms with Gasteiger partial charge in [0.25, 0.3) is 11.8 Å². The van der Waals surface area contributed by atoms with Gasteiger partial charge in [0, 0.05) is 37.7 Å². The van der Waals surface area contributed by atoms with Crippen LogP contribution in [0.25, 0.3) is 5.57 Å². The van der Waals surface area contributed by atoms with Gasteiger partial charge in [0.1, 0.15) is 5.70 Å². The minimum Gasteiger partial charge on any atom is -0.378 e. The van der Waals surface area contributed by atoms with Gasteiger partial charge in [-0.1, -0.05) is 6.07 Å². The first-order valence-electron chi connectivity index (χ1n) is 8.77. The van der Waals surface area contributed by atoms with E-state index in [1.54, 1.807) is 0 Å². The molecular formula is C20H21N3O2S. The maximum Gasteiger partial charge on any atom is 0.282 e. The number of amides is 2. The average Bonchev–Trinajstić information content (AvgIpc) is 3.36. The Kier molecular flexibility index (Phi) is 4.28. The lowest BCUT2D eigenvalue weighted by atomic mass is 10.2. The Bertz CT molecular complexity index is 863. The second kappa shape index (κ2) is 6.61. The number of anilines is 2. The molecule has 2 aliphatic rings. The zero-order chi connectivity index (χ0) is 18.3. The first-order chi connectivity index (χ1) is 12.6. The van der Waals surface area contributed by atoms with Crippen LogP contribution in [0.5, 0.6) is 0 Å². The number of carbonyl (C=O) groups is 2. The molecule has 5 nitrogen and oxygen atoms in total. The van der Waals surface area contributed by atoms with Gasteiger partial charge in [-0.3, -0.25) is 9.59 Å². The number of hydrogen-bond acceptors (Lipinski definition) is 5. The summed E-state index contributed by atoms with van der Waals surface area (Å²) in [5.41, 5.74) is 2.75. The molecule has 26 heavy (non-hydrogen) atoms. The molecule has 0 radical (unpaired) electrons. The van der Waals surface area contributed by atoms with E-state index in [4.69, 9.17) is 0 Å². The van der Waals surface area contributed by atoms with Gasteiger partial charge in [0.2, 0.25) is 0 Å². The Labute approximate surface area is 157 Å². The Morgan fingerprint density at radius 1 is 0.962 bits per heavy atom. The average molecular weight is 367 g/mol. The molecule has 0 bridgehead atoms. The molecule has 2 aromatic rings. The van der Waals surface area contributed by atoms with Crippen molar-refractivity contribution < 1.29 is 9.59 Å². The van der Waals surface area contributed by atoms with Gasteiger partial charge in [-0.15, -0.1) is 11.3 Å². The van der Waals surface area contributed by atoms with Crippen LogP contribution in [0.2, 0.25) is 0 Å². The molecule has 0 N–H and O–H groups in total.